The van der Waals surface area contributed by atoms with E-state index in [4.69, 9.17) is 4.74 Å². The Labute approximate surface area is 178 Å². The standard InChI is InChI=1S/C22H24FN5O3/c1-13-18(7-6-17(24-13)22(30)31-3)28-10-8-27(9-11-28)12-15-4-5-16-20(19(15)23)26-21(29)14(2)25-16/h4-7H,8-12H2,1-3H3,(H,26,29). The van der Waals surface area contributed by atoms with Crippen LogP contribution in [0.15, 0.2) is 29.1 Å². The van der Waals surface area contributed by atoms with Crippen molar-refractivity contribution in [2.45, 2.75) is 20.4 Å². The number of aromatic nitrogens is 3. The van der Waals surface area contributed by atoms with Crippen LogP contribution in [0, 0.1) is 19.7 Å². The Morgan fingerprint density at radius 1 is 1.10 bits per heavy atom. The van der Waals surface area contributed by atoms with Gasteiger partial charge in [-0.15, -0.1) is 0 Å². The van der Waals surface area contributed by atoms with Crippen LogP contribution in [-0.2, 0) is 11.3 Å². The van der Waals surface area contributed by atoms with Gasteiger partial charge in [0.15, 0.2) is 5.82 Å². The van der Waals surface area contributed by atoms with Crippen molar-refractivity contribution in [2.24, 2.45) is 0 Å². The number of halogens is 1. The maximum atomic E-state index is 15.0. The fourth-order valence-corrected chi connectivity index (χ4v) is 3.87. The lowest BCUT2D eigenvalue weighted by Gasteiger charge is -2.36. The van der Waals surface area contributed by atoms with Crippen molar-refractivity contribution in [1.82, 2.24) is 19.9 Å². The summed E-state index contributed by atoms with van der Waals surface area (Å²) in [6.45, 7) is 6.93. The molecule has 1 fully saturated rings. The molecule has 1 N–H and O–H groups in total. The van der Waals surface area contributed by atoms with E-state index in [1.165, 1.54) is 7.11 Å². The second kappa shape index (κ2) is 8.43. The van der Waals surface area contributed by atoms with Crippen LogP contribution in [0.3, 0.4) is 0 Å². The van der Waals surface area contributed by atoms with Gasteiger partial charge in [-0.3, -0.25) is 9.69 Å². The lowest BCUT2D eigenvalue weighted by Crippen LogP contribution is -2.46. The largest absolute Gasteiger partial charge is 0.464 e. The van der Waals surface area contributed by atoms with Crippen molar-refractivity contribution < 1.29 is 13.9 Å². The summed E-state index contributed by atoms with van der Waals surface area (Å²) in [7, 11) is 1.33. The lowest BCUT2D eigenvalue weighted by molar-refractivity contribution is 0.0594. The zero-order valence-corrected chi connectivity index (χ0v) is 17.7. The smallest absolute Gasteiger partial charge is 0.356 e. The van der Waals surface area contributed by atoms with Crippen LogP contribution in [0.2, 0.25) is 0 Å². The van der Waals surface area contributed by atoms with E-state index in [0.717, 1.165) is 37.6 Å². The van der Waals surface area contributed by atoms with E-state index in [1.54, 1.807) is 25.1 Å². The van der Waals surface area contributed by atoms with E-state index in [1.807, 2.05) is 13.0 Å². The number of H-pyrrole nitrogens is 1. The van der Waals surface area contributed by atoms with Gasteiger partial charge in [0, 0.05) is 38.3 Å². The third kappa shape index (κ3) is 4.13. The van der Waals surface area contributed by atoms with Gasteiger partial charge in [-0.2, -0.15) is 0 Å². The summed E-state index contributed by atoms with van der Waals surface area (Å²) in [6.07, 6.45) is 0. The summed E-state index contributed by atoms with van der Waals surface area (Å²) in [6, 6.07) is 7.03. The van der Waals surface area contributed by atoms with Crippen molar-refractivity contribution >= 4 is 22.7 Å². The molecule has 2 aromatic heterocycles. The Morgan fingerprint density at radius 2 is 1.84 bits per heavy atom. The first-order valence-electron chi connectivity index (χ1n) is 10.1. The number of carbonyl (C=O) groups is 1. The molecule has 3 aromatic rings. The molecule has 0 amide bonds. The molecule has 1 saturated heterocycles. The summed E-state index contributed by atoms with van der Waals surface area (Å²) >= 11 is 0. The number of hydrogen-bond donors (Lipinski definition) is 1. The molecule has 0 aliphatic carbocycles. The summed E-state index contributed by atoms with van der Waals surface area (Å²) in [5, 5.41) is 0. The molecule has 4 rings (SSSR count). The highest BCUT2D eigenvalue weighted by molar-refractivity contribution is 5.87. The fraction of sp³-hybridized carbons (Fsp3) is 0.364. The third-order valence-corrected chi connectivity index (χ3v) is 5.61. The monoisotopic (exact) mass is 425 g/mol. The number of rotatable bonds is 4. The minimum atomic E-state index is -0.455. The number of benzene rings is 1. The number of piperazine rings is 1. The number of carbonyl (C=O) groups excluding carboxylic acids is 1. The summed E-state index contributed by atoms with van der Waals surface area (Å²) in [5.41, 5.74) is 3.10. The van der Waals surface area contributed by atoms with Crippen molar-refractivity contribution in [3.8, 4) is 0 Å². The van der Waals surface area contributed by atoms with Gasteiger partial charge in [-0.1, -0.05) is 6.07 Å². The maximum Gasteiger partial charge on any atom is 0.356 e. The molecule has 8 nitrogen and oxygen atoms in total. The van der Waals surface area contributed by atoms with Crippen LogP contribution in [0.25, 0.3) is 11.0 Å². The number of anilines is 1. The van der Waals surface area contributed by atoms with E-state index in [9.17, 15) is 14.0 Å². The van der Waals surface area contributed by atoms with Gasteiger partial charge in [0.2, 0.25) is 0 Å². The molecule has 1 aromatic carbocycles. The predicted octanol–water partition coefficient (Wildman–Crippen LogP) is 2.18. The zero-order chi connectivity index (χ0) is 22.1. The molecule has 0 atom stereocenters. The van der Waals surface area contributed by atoms with Gasteiger partial charge in [0.25, 0.3) is 5.56 Å². The highest BCUT2D eigenvalue weighted by Crippen LogP contribution is 2.23. The maximum absolute atomic E-state index is 15.0. The van der Waals surface area contributed by atoms with Gasteiger partial charge < -0.3 is 14.6 Å². The van der Waals surface area contributed by atoms with E-state index >= 15 is 0 Å². The van der Waals surface area contributed by atoms with E-state index in [-0.39, 0.29) is 16.8 Å². The number of esters is 1. The van der Waals surface area contributed by atoms with Gasteiger partial charge in [0.05, 0.1) is 24.0 Å². The molecular formula is C22H24FN5O3. The molecular weight excluding hydrogens is 401 g/mol. The number of aromatic amines is 1. The molecule has 0 unspecified atom stereocenters. The third-order valence-electron chi connectivity index (χ3n) is 5.61. The van der Waals surface area contributed by atoms with Crippen LogP contribution >= 0.6 is 0 Å². The quantitative estimate of drug-likeness (QED) is 0.641. The number of ether oxygens (including phenoxy) is 1. The van der Waals surface area contributed by atoms with Gasteiger partial charge in [-0.25, -0.2) is 19.2 Å². The zero-order valence-electron chi connectivity index (χ0n) is 17.7. The average Bonchev–Trinajstić information content (AvgIpc) is 2.77. The molecule has 0 spiro atoms. The Kier molecular flexibility index (Phi) is 5.69. The van der Waals surface area contributed by atoms with Crippen LogP contribution in [0.1, 0.15) is 27.4 Å². The molecule has 3 heterocycles. The summed E-state index contributed by atoms with van der Waals surface area (Å²) < 4.78 is 19.7. The summed E-state index contributed by atoms with van der Waals surface area (Å²) in [4.78, 5) is 39.0. The van der Waals surface area contributed by atoms with E-state index in [2.05, 4.69) is 24.8 Å². The van der Waals surface area contributed by atoms with Crippen molar-refractivity contribution in [3.63, 3.8) is 0 Å². The highest BCUT2D eigenvalue weighted by atomic mass is 19.1. The second-order valence-corrected chi connectivity index (χ2v) is 7.64. The lowest BCUT2D eigenvalue weighted by atomic mass is 10.1. The molecule has 0 radical (unpaired) electrons. The van der Waals surface area contributed by atoms with Crippen LogP contribution < -0.4 is 10.5 Å². The van der Waals surface area contributed by atoms with Crippen LogP contribution in [0.5, 0.6) is 0 Å². The Morgan fingerprint density at radius 3 is 2.52 bits per heavy atom. The van der Waals surface area contributed by atoms with Crippen LogP contribution in [-0.4, -0.2) is 59.1 Å². The minimum Gasteiger partial charge on any atom is -0.464 e. The highest BCUT2D eigenvalue weighted by Gasteiger charge is 2.21. The normalized spacial score (nSPS) is 14.8. The topological polar surface area (TPSA) is 91.4 Å². The number of pyridine rings is 1. The Balaban J connectivity index is 1.45. The van der Waals surface area contributed by atoms with Crippen molar-refractivity contribution in [1.29, 1.82) is 0 Å². The number of nitrogens with one attached hydrogen (secondary N) is 1. The first kappa shape index (κ1) is 20.9. The molecule has 1 aliphatic heterocycles. The fourth-order valence-electron chi connectivity index (χ4n) is 3.87. The molecule has 1 aliphatic rings. The van der Waals surface area contributed by atoms with Gasteiger partial charge in [0.1, 0.15) is 16.9 Å². The minimum absolute atomic E-state index is 0.152. The van der Waals surface area contributed by atoms with Crippen molar-refractivity contribution in [2.75, 3.05) is 38.2 Å². The molecule has 9 heteroatoms. The predicted molar refractivity (Wildman–Crippen MR) is 115 cm³/mol. The number of hydrogen-bond acceptors (Lipinski definition) is 7. The number of aryl methyl sites for hydroxylation is 2. The number of methoxy groups -OCH3 is 1. The Bertz CT molecular complexity index is 1200. The average molecular weight is 425 g/mol. The molecule has 162 valence electrons. The van der Waals surface area contributed by atoms with E-state index in [0.29, 0.717) is 23.3 Å². The summed E-state index contributed by atoms with van der Waals surface area (Å²) in [5.74, 6) is -0.883. The SMILES string of the molecule is COC(=O)c1ccc(N2CCN(Cc3ccc4nc(C)c(=O)[nH]c4c3F)CC2)c(C)n1. The number of fused-ring (bicyclic) bond motifs is 1. The molecule has 31 heavy (non-hydrogen) atoms. The first-order chi connectivity index (χ1) is 14.9. The second-order valence-electron chi connectivity index (χ2n) is 7.64. The molecule has 0 saturated carbocycles. The first-order valence-corrected chi connectivity index (χ1v) is 10.1. The van der Waals surface area contributed by atoms with Crippen LogP contribution in [0.4, 0.5) is 10.1 Å². The van der Waals surface area contributed by atoms with Gasteiger partial charge >= 0.3 is 5.97 Å². The van der Waals surface area contributed by atoms with E-state index < -0.39 is 11.8 Å². The molecule has 0 bridgehead atoms. The van der Waals surface area contributed by atoms with Gasteiger partial charge in [-0.05, 0) is 32.0 Å². The van der Waals surface area contributed by atoms with Crippen molar-refractivity contribution in [3.05, 3.63) is 63.1 Å². The Hall–Kier alpha value is -3.33. The number of nitrogens with zero attached hydrogens (tertiary/aromatic N) is 4.